The Morgan fingerprint density at radius 2 is 1.52 bits per heavy atom. The fraction of sp³-hybridized carbons (Fsp3) is 0.250. The van der Waals surface area contributed by atoms with E-state index in [1.54, 1.807) is 43.3 Å². The van der Waals surface area contributed by atoms with Crippen molar-refractivity contribution < 1.29 is 23.9 Å². The molecule has 0 bridgehead atoms. The van der Waals surface area contributed by atoms with Crippen molar-refractivity contribution in [2.24, 2.45) is 5.92 Å². The molecule has 0 saturated heterocycles. The molecule has 0 unspecified atom stereocenters. The monoisotopic (exact) mass is 368 g/mol. The summed E-state index contributed by atoms with van der Waals surface area (Å²) in [5.41, 5.74) is 1.72. The molecule has 2 amide bonds. The van der Waals surface area contributed by atoms with Crippen molar-refractivity contribution in [3.05, 3.63) is 54.1 Å². The highest BCUT2D eigenvalue weighted by molar-refractivity contribution is 6.04. The molecule has 7 heteroatoms. The fourth-order valence-corrected chi connectivity index (χ4v) is 2.35. The lowest BCUT2D eigenvalue weighted by Crippen LogP contribution is -2.14. The third-order valence-corrected chi connectivity index (χ3v) is 3.94. The van der Waals surface area contributed by atoms with E-state index < -0.39 is 6.16 Å². The van der Waals surface area contributed by atoms with Crippen LogP contribution < -0.4 is 15.4 Å². The molecular formula is C20H20N2O5. The van der Waals surface area contributed by atoms with Crippen molar-refractivity contribution in [3.63, 3.8) is 0 Å². The van der Waals surface area contributed by atoms with Crippen LogP contribution in [0, 0.1) is 5.92 Å². The molecule has 1 aliphatic carbocycles. The van der Waals surface area contributed by atoms with Crippen LogP contribution in [0.2, 0.25) is 0 Å². The van der Waals surface area contributed by atoms with Gasteiger partial charge >= 0.3 is 6.16 Å². The van der Waals surface area contributed by atoms with Crippen molar-refractivity contribution in [1.29, 1.82) is 0 Å². The Labute approximate surface area is 156 Å². The Kier molecular flexibility index (Phi) is 5.71. The molecule has 1 saturated carbocycles. The molecule has 0 atom stereocenters. The number of benzene rings is 2. The van der Waals surface area contributed by atoms with Gasteiger partial charge in [0.05, 0.1) is 6.61 Å². The summed E-state index contributed by atoms with van der Waals surface area (Å²) in [6.45, 7) is 1.91. The lowest BCUT2D eigenvalue weighted by molar-refractivity contribution is -0.117. The van der Waals surface area contributed by atoms with E-state index in [4.69, 9.17) is 4.74 Å². The molecule has 0 heterocycles. The van der Waals surface area contributed by atoms with Gasteiger partial charge in [-0.05, 0) is 68.3 Å². The quantitative estimate of drug-likeness (QED) is 0.597. The number of rotatable bonds is 6. The highest BCUT2D eigenvalue weighted by Gasteiger charge is 2.29. The topological polar surface area (TPSA) is 93.7 Å². The van der Waals surface area contributed by atoms with Crippen LogP contribution in [0.4, 0.5) is 16.2 Å². The second kappa shape index (κ2) is 8.35. The zero-order valence-corrected chi connectivity index (χ0v) is 14.9. The first-order valence-electron chi connectivity index (χ1n) is 8.72. The molecule has 2 aromatic carbocycles. The van der Waals surface area contributed by atoms with Crippen molar-refractivity contribution in [1.82, 2.24) is 0 Å². The number of carbonyl (C=O) groups excluding carboxylic acids is 3. The molecular weight excluding hydrogens is 348 g/mol. The second-order valence-electron chi connectivity index (χ2n) is 6.10. The summed E-state index contributed by atoms with van der Waals surface area (Å²) >= 11 is 0. The van der Waals surface area contributed by atoms with E-state index in [2.05, 4.69) is 15.4 Å². The average molecular weight is 368 g/mol. The molecule has 2 aromatic rings. The smallest absolute Gasteiger partial charge is 0.434 e. The first-order chi connectivity index (χ1) is 13.0. The second-order valence-corrected chi connectivity index (χ2v) is 6.10. The van der Waals surface area contributed by atoms with Gasteiger partial charge in [-0.3, -0.25) is 9.59 Å². The SMILES string of the molecule is CCOC(=O)Oc1ccc(C(=O)Nc2ccc(NC(=O)C3CC3)cc2)cc1. The van der Waals surface area contributed by atoms with Crippen molar-refractivity contribution in [2.75, 3.05) is 17.2 Å². The van der Waals surface area contributed by atoms with Crippen LogP contribution in [0.1, 0.15) is 30.1 Å². The van der Waals surface area contributed by atoms with E-state index in [-0.39, 0.29) is 24.3 Å². The lowest BCUT2D eigenvalue weighted by atomic mass is 10.2. The lowest BCUT2D eigenvalue weighted by Gasteiger charge is -2.08. The highest BCUT2D eigenvalue weighted by atomic mass is 16.7. The van der Waals surface area contributed by atoms with E-state index in [1.165, 1.54) is 12.1 Å². The zero-order valence-electron chi connectivity index (χ0n) is 14.9. The molecule has 1 aliphatic rings. The summed E-state index contributed by atoms with van der Waals surface area (Å²) in [5.74, 6) is 0.172. The van der Waals surface area contributed by atoms with Crippen LogP contribution >= 0.6 is 0 Å². The summed E-state index contributed by atoms with van der Waals surface area (Å²) in [6.07, 6.45) is 1.11. The van der Waals surface area contributed by atoms with Crippen LogP contribution in [0.25, 0.3) is 0 Å². The molecule has 0 spiro atoms. The van der Waals surface area contributed by atoms with Gasteiger partial charge in [-0.25, -0.2) is 4.79 Å². The number of amides is 2. The van der Waals surface area contributed by atoms with Crippen molar-refractivity contribution in [2.45, 2.75) is 19.8 Å². The van der Waals surface area contributed by atoms with Crippen LogP contribution in [0.3, 0.4) is 0 Å². The summed E-state index contributed by atoms with van der Waals surface area (Å²) in [5, 5.41) is 5.61. The first-order valence-corrected chi connectivity index (χ1v) is 8.72. The third-order valence-electron chi connectivity index (χ3n) is 3.94. The third kappa shape index (κ3) is 5.31. The van der Waals surface area contributed by atoms with Gasteiger partial charge in [-0.2, -0.15) is 0 Å². The maximum Gasteiger partial charge on any atom is 0.513 e. The van der Waals surface area contributed by atoms with Gasteiger partial charge in [0.25, 0.3) is 5.91 Å². The maximum absolute atomic E-state index is 12.3. The molecule has 7 nitrogen and oxygen atoms in total. The molecule has 2 N–H and O–H groups in total. The first kappa shape index (κ1) is 18.4. The molecule has 3 rings (SSSR count). The van der Waals surface area contributed by atoms with Gasteiger partial charge in [-0.1, -0.05) is 0 Å². The molecule has 1 fully saturated rings. The fourth-order valence-electron chi connectivity index (χ4n) is 2.35. The predicted octanol–water partition coefficient (Wildman–Crippen LogP) is 3.82. The summed E-state index contributed by atoms with van der Waals surface area (Å²) in [6, 6.07) is 13.1. The minimum atomic E-state index is -0.788. The number of anilines is 2. The Hall–Kier alpha value is -3.35. The van der Waals surface area contributed by atoms with E-state index in [9.17, 15) is 14.4 Å². The zero-order chi connectivity index (χ0) is 19.2. The van der Waals surface area contributed by atoms with Gasteiger partial charge in [-0.15, -0.1) is 0 Å². The molecule has 27 heavy (non-hydrogen) atoms. The maximum atomic E-state index is 12.3. The normalized spacial score (nSPS) is 12.8. The Morgan fingerprint density at radius 1 is 0.926 bits per heavy atom. The number of ether oxygens (including phenoxy) is 2. The summed E-state index contributed by atoms with van der Waals surface area (Å²) in [7, 11) is 0. The van der Waals surface area contributed by atoms with Gasteiger partial charge in [0.15, 0.2) is 0 Å². The van der Waals surface area contributed by atoms with E-state index in [1.807, 2.05) is 0 Å². The van der Waals surface area contributed by atoms with Crippen molar-refractivity contribution in [3.8, 4) is 5.75 Å². The van der Waals surface area contributed by atoms with Crippen LogP contribution in [-0.2, 0) is 9.53 Å². The van der Waals surface area contributed by atoms with E-state index in [0.717, 1.165) is 12.8 Å². The molecule has 140 valence electrons. The summed E-state index contributed by atoms with van der Waals surface area (Å²) in [4.78, 5) is 35.3. The minimum absolute atomic E-state index is 0.0388. The number of nitrogens with one attached hydrogen (secondary N) is 2. The largest absolute Gasteiger partial charge is 0.513 e. The Bertz CT molecular complexity index is 826. The Balaban J connectivity index is 1.54. The number of carbonyl (C=O) groups is 3. The van der Waals surface area contributed by atoms with Gasteiger partial charge < -0.3 is 20.1 Å². The van der Waals surface area contributed by atoms with Crippen LogP contribution in [0.5, 0.6) is 5.75 Å². The molecule has 0 aliphatic heterocycles. The van der Waals surface area contributed by atoms with Crippen molar-refractivity contribution >= 4 is 29.3 Å². The number of hydrogen-bond donors (Lipinski definition) is 2. The summed E-state index contributed by atoms with van der Waals surface area (Å²) < 4.78 is 9.63. The van der Waals surface area contributed by atoms with Crippen LogP contribution in [0.15, 0.2) is 48.5 Å². The molecule has 0 radical (unpaired) electrons. The Morgan fingerprint density at radius 3 is 2.07 bits per heavy atom. The van der Waals surface area contributed by atoms with E-state index in [0.29, 0.717) is 22.7 Å². The van der Waals surface area contributed by atoms with E-state index >= 15 is 0 Å². The molecule has 0 aromatic heterocycles. The van der Waals surface area contributed by atoms with Crippen LogP contribution in [-0.4, -0.2) is 24.6 Å². The van der Waals surface area contributed by atoms with Gasteiger partial charge in [0.1, 0.15) is 5.75 Å². The van der Waals surface area contributed by atoms with Gasteiger partial charge in [0.2, 0.25) is 5.91 Å². The number of hydrogen-bond acceptors (Lipinski definition) is 5. The van der Waals surface area contributed by atoms with Gasteiger partial charge in [0, 0.05) is 22.9 Å². The highest BCUT2D eigenvalue weighted by Crippen LogP contribution is 2.30. The predicted molar refractivity (Wildman–Crippen MR) is 99.8 cm³/mol. The minimum Gasteiger partial charge on any atom is -0.434 e. The average Bonchev–Trinajstić information content (AvgIpc) is 3.49. The standard InChI is InChI=1S/C20H20N2O5/c1-2-26-20(25)27-17-11-5-14(6-12-17)19(24)22-16-9-7-15(8-10-16)21-18(23)13-3-4-13/h5-13H,2-4H2,1H3,(H,21,23)(H,22,24).